The van der Waals surface area contributed by atoms with Crippen LogP contribution >= 0.6 is 11.3 Å². The topological polar surface area (TPSA) is 97.4 Å². The molecular formula is C16H15N3O4S. The van der Waals surface area contributed by atoms with E-state index in [0.29, 0.717) is 33.5 Å². The third kappa shape index (κ3) is 3.72. The number of thiazole rings is 1. The van der Waals surface area contributed by atoms with Crippen LogP contribution in [0.2, 0.25) is 0 Å². The molecule has 124 valence electrons. The Labute approximate surface area is 141 Å². The molecule has 3 aromatic heterocycles. The van der Waals surface area contributed by atoms with Gasteiger partial charge in [-0.15, -0.1) is 11.3 Å². The fraction of sp³-hybridized carbons (Fsp3) is 0.188. The molecule has 3 aromatic rings. The summed E-state index contributed by atoms with van der Waals surface area (Å²) in [4.78, 5) is 28.2. The predicted molar refractivity (Wildman–Crippen MR) is 88.1 cm³/mol. The number of amides is 2. The maximum Gasteiger partial charge on any atom is 0.260 e. The first-order valence-electron chi connectivity index (χ1n) is 7.15. The van der Waals surface area contributed by atoms with Gasteiger partial charge in [0.15, 0.2) is 5.13 Å². The number of carbonyl (C=O) groups is 2. The zero-order chi connectivity index (χ0) is 17.1. The molecular weight excluding hydrogens is 330 g/mol. The van der Waals surface area contributed by atoms with Crippen molar-refractivity contribution in [2.24, 2.45) is 0 Å². The lowest BCUT2D eigenvalue weighted by Gasteiger charge is -2.00. The van der Waals surface area contributed by atoms with Gasteiger partial charge in [0, 0.05) is 5.38 Å². The van der Waals surface area contributed by atoms with Gasteiger partial charge >= 0.3 is 0 Å². The van der Waals surface area contributed by atoms with E-state index in [-0.39, 0.29) is 18.4 Å². The molecule has 0 bridgehead atoms. The SMILES string of the molecule is Cc1cc(C(=O)NCc2csc(NC(=O)c3coc(C)c3)n2)co1. The molecule has 0 unspecified atom stereocenters. The highest BCUT2D eigenvalue weighted by molar-refractivity contribution is 7.13. The lowest BCUT2D eigenvalue weighted by Crippen LogP contribution is -2.22. The summed E-state index contributed by atoms with van der Waals surface area (Å²) in [5.41, 5.74) is 1.56. The standard InChI is InChI=1S/C16H15N3O4S/c1-9-3-11(6-22-9)14(20)17-5-13-8-24-16(18-13)19-15(21)12-4-10(2)23-7-12/h3-4,6-8H,5H2,1-2H3,(H,17,20)(H,18,19,21). The van der Waals surface area contributed by atoms with Gasteiger partial charge in [-0.1, -0.05) is 0 Å². The third-order valence-electron chi connectivity index (χ3n) is 3.19. The van der Waals surface area contributed by atoms with Crippen LogP contribution in [0.4, 0.5) is 5.13 Å². The van der Waals surface area contributed by atoms with E-state index in [1.807, 2.05) is 0 Å². The van der Waals surface area contributed by atoms with Crippen LogP contribution in [0.25, 0.3) is 0 Å². The van der Waals surface area contributed by atoms with Crippen molar-refractivity contribution in [2.45, 2.75) is 20.4 Å². The van der Waals surface area contributed by atoms with E-state index in [1.54, 1.807) is 31.4 Å². The maximum absolute atomic E-state index is 12.0. The van der Waals surface area contributed by atoms with Crippen molar-refractivity contribution in [2.75, 3.05) is 5.32 Å². The van der Waals surface area contributed by atoms with E-state index in [4.69, 9.17) is 8.83 Å². The van der Waals surface area contributed by atoms with Gasteiger partial charge in [-0.2, -0.15) is 0 Å². The molecule has 0 radical (unpaired) electrons. The first kappa shape index (κ1) is 16.0. The van der Waals surface area contributed by atoms with E-state index in [0.717, 1.165) is 0 Å². The second kappa shape index (κ2) is 6.71. The molecule has 0 saturated carbocycles. The minimum atomic E-state index is -0.286. The Morgan fingerprint density at radius 1 is 1.08 bits per heavy atom. The number of furan rings is 2. The Balaban J connectivity index is 1.55. The molecule has 2 N–H and O–H groups in total. The van der Waals surface area contributed by atoms with Crippen molar-refractivity contribution in [3.05, 3.63) is 58.4 Å². The van der Waals surface area contributed by atoms with E-state index in [2.05, 4.69) is 15.6 Å². The number of hydrogen-bond donors (Lipinski definition) is 2. The summed E-state index contributed by atoms with van der Waals surface area (Å²) in [6.45, 7) is 3.80. The van der Waals surface area contributed by atoms with Crippen LogP contribution in [0.15, 0.2) is 38.9 Å². The fourth-order valence-corrected chi connectivity index (χ4v) is 2.72. The second-order valence-electron chi connectivity index (χ2n) is 5.17. The maximum atomic E-state index is 12.0. The zero-order valence-electron chi connectivity index (χ0n) is 13.1. The fourth-order valence-electron chi connectivity index (χ4n) is 2.01. The summed E-state index contributed by atoms with van der Waals surface area (Å²) < 4.78 is 10.2. The van der Waals surface area contributed by atoms with Crippen LogP contribution in [0.3, 0.4) is 0 Å². The Morgan fingerprint density at radius 3 is 2.29 bits per heavy atom. The summed E-state index contributed by atoms with van der Waals surface area (Å²) in [6.07, 6.45) is 2.80. The summed E-state index contributed by atoms with van der Waals surface area (Å²) in [5, 5.41) is 7.68. The minimum absolute atomic E-state index is 0.237. The van der Waals surface area contributed by atoms with Crippen molar-refractivity contribution in [3.63, 3.8) is 0 Å². The van der Waals surface area contributed by atoms with Crippen LogP contribution in [0.1, 0.15) is 37.9 Å². The van der Waals surface area contributed by atoms with Crippen LogP contribution in [0.5, 0.6) is 0 Å². The van der Waals surface area contributed by atoms with Gasteiger partial charge in [-0.3, -0.25) is 14.9 Å². The molecule has 0 fully saturated rings. The average molecular weight is 345 g/mol. The van der Waals surface area contributed by atoms with Crippen LogP contribution in [-0.2, 0) is 6.54 Å². The quantitative estimate of drug-likeness (QED) is 0.740. The smallest absolute Gasteiger partial charge is 0.260 e. The highest BCUT2D eigenvalue weighted by Gasteiger charge is 2.12. The number of carbonyl (C=O) groups excluding carboxylic acids is 2. The molecule has 3 rings (SSSR count). The van der Waals surface area contributed by atoms with E-state index in [9.17, 15) is 9.59 Å². The number of rotatable bonds is 5. The van der Waals surface area contributed by atoms with Gasteiger partial charge < -0.3 is 14.2 Å². The van der Waals surface area contributed by atoms with Gasteiger partial charge in [-0.05, 0) is 26.0 Å². The molecule has 0 aliphatic heterocycles. The van der Waals surface area contributed by atoms with Gasteiger partial charge in [-0.25, -0.2) is 4.98 Å². The summed E-state index contributed by atoms with van der Waals surface area (Å²) >= 11 is 1.29. The lowest BCUT2D eigenvalue weighted by atomic mass is 10.3. The van der Waals surface area contributed by atoms with E-state index >= 15 is 0 Å². The van der Waals surface area contributed by atoms with Crippen molar-refractivity contribution in [3.8, 4) is 0 Å². The monoisotopic (exact) mass is 345 g/mol. The van der Waals surface area contributed by atoms with Gasteiger partial charge in [0.25, 0.3) is 11.8 Å². The Morgan fingerprint density at radius 2 is 1.71 bits per heavy atom. The highest BCUT2D eigenvalue weighted by atomic mass is 32.1. The summed E-state index contributed by atoms with van der Waals surface area (Å²) in [6, 6.07) is 3.31. The van der Waals surface area contributed by atoms with Gasteiger partial charge in [0.1, 0.15) is 24.0 Å². The van der Waals surface area contributed by atoms with E-state index in [1.165, 1.54) is 23.9 Å². The molecule has 2 amide bonds. The Kier molecular flexibility index (Phi) is 4.48. The van der Waals surface area contributed by atoms with Crippen LogP contribution < -0.4 is 10.6 Å². The lowest BCUT2D eigenvalue weighted by molar-refractivity contribution is 0.0948. The largest absolute Gasteiger partial charge is 0.469 e. The normalized spacial score (nSPS) is 10.6. The number of aromatic nitrogens is 1. The first-order chi connectivity index (χ1) is 11.5. The number of anilines is 1. The average Bonchev–Trinajstić information content (AvgIpc) is 3.26. The molecule has 0 aliphatic rings. The molecule has 0 saturated heterocycles. The van der Waals surface area contributed by atoms with Crippen molar-refractivity contribution in [1.29, 1.82) is 0 Å². The number of aryl methyl sites for hydroxylation is 2. The molecule has 0 aromatic carbocycles. The molecule has 8 heteroatoms. The second-order valence-corrected chi connectivity index (χ2v) is 6.03. The molecule has 3 heterocycles. The number of nitrogens with zero attached hydrogens (tertiary/aromatic N) is 1. The third-order valence-corrected chi connectivity index (χ3v) is 3.99. The van der Waals surface area contributed by atoms with Crippen molar-refractivity contribution >= 4 is 28.3 Å². The van der Waals surface area contributed by atoms with Crippen molar-refractivity contribution < 1.29 is 18.4 Å². The Bertz CT molecular complexity index is 877. The molecule has 0 aliphatic carbocycles. The van der Waals surface area contributed by atoms with Crippen LogP contribution in [-0.4, -0.2) is 16.8 Å². The molecule has 0 atom stereocenters. The van der Waals surface area contributed by atoms with Crippen LogP contribution in [0, 0.1) is 13.8 Å². The minimum Gasteiger partial charge on any atom is -0.469 e. The Hall–Kier alpha value is -2.87. The summed E-state index contributed by atoms with van der Waals surface area (Å²) in [5.74, 6) is 0.815. The van der Waals surface area contributed by atoms with Crippen molar-refractivity contribution in [1.82, 2.24) is 10.3 Å². The summed E-state index contributed by atoms with van der Waals surface area (Å²) in [7, 11) is 0. The highest BCUT2D eigenvalue weighted by Crippen LogP contribution is 2.17. The zero-order valence-corrected chi connectivity index (χ0v) is 13.9. The first-order valence-corrected chi connectivity index (χ1v) is 8.03. The van der Waals surface area contributed by atoms with Gasteiger partial charge in [0.05, 0.1) is 23.4 Å². The predicted octanol–water partition coefficient (Wildman–Crippen LogP) is 3.13. The van der Waals surface area contributed by atoms with Gasteiger partial charge in [0.2, 0.25) is 0 Å². The molecule has 24 heavy (non-hydrogen) atoms. The molecule has 7 nitrogen and oxygen atoms in total. The number of nitrogens with one attached hydrogen (secondary N) is 2. The van der Waals surface area contributed by atoms with E-state index < -0.39 is 0 Å². The number of hydrogen-bond acceptors (Lipinski definition) is 6. The molecule has 0 spiro atoms.